The number of rotatable bonds is 7. The first-order valence-electron chi connectivity index (χ1n) is 11.6. The molecule has 4 aromatic rings. The average molecular weight is 489 g/mol. The van der Waals surface area contributed by atoms with E-state index in [0.717, 1.165) is 27.5 Å². The summed E-state index contributed by atoms with van der Waals surface area (Å²) in [6.45, 7) is -0.0169. The van der Waals surface area contributed by atoms with E-state index in [-0.39, 0.29) is 13.0 Å². The molecule has 2 N–H and O–H groups in total. The van der Waals surface area contributed by atoms with Gasteiger partial charge >= 0.3 is 5.69 Å². The van der Waals surface area contributed by atoms with Gasteiger partial charge in [-0.3, -0.25) is 14.3 Å². The molecular formula is C28H25FN2O5. The molecule has 0 unspecified atom stereocenters. The Labute approximate surface area is 206 Å². The number of hydrogen-bond donors (Lipinski definition) is 2. The Balaban J connectivity index is 1.50. The molecule has 0 radical (unpaired) electrons. The normalized spacial score (nSPS) is 19.9. The van der Waals surface area contributed by atoms with Crippen LogP contribution in [0.15, 0.2) is 107 Å². The Morgan fingerprint density at radius 3 is 1.92 bits per heavy atom. The zero-order chi connectivity index (χ0) is 25.1. The van der Waals surface area contributed by atoms with Crippen LogP contribution in [0.5, 0.6) is 0 Å². The third-order valence-electron chi connectivity index (χ3n) is 6.44. The van der Waals surface area contributed by atoms with Crippen LogP contribution >= 0.6 is 0 Å². The second-order valence-corrected chi connectivity index (χ2v) is 8.67. The summed E-state index contributed by atoms with van der Waals surface area (Å²) in [5, 5.41) is 10.8. The number of nitrogens with zero attached hydrogens (tertiary/aromatic N) is 1. The molecule has 5 rings (SSSR count). The highest BCUT2D eigenvalue weighted by Gasteiger charge is 2.42. The highest BCUT2D eigenvalue weighted by atomic mass is 19.1. The molecule has 8 heteroatoms. The van der Waals surface area contributed by atoms with Crippen LogP contribution in [0, 0.1) is 5.82 Å². The summed E-state index contributed by atoms with van der Waals surface area (Å²) < 4.78 is 27.4. The van der Waals surface area contributed by atoms with Crippen molar-refractivity contribution in [2.45, 2.75) is 30.5 Å². The van der Waals surface area contributed by atoms with E-state index in [1.54, 1.807) is 0 Å². The first kappa shape index (κ1) is 23.9. The van der Waals surface area contributed by atoms with Gasteiger partial charge < -0.3 is 14.6 Å². The van der Waals surface area contributed by atoms with E-state index in [1.807, 2.05) is 96.0 Å². The van der Waals surface area contributed by atoms with E-state index >= 15 is 0 Å². The van der Waals surface area contributed by atoms with Gasteiger partial charge in [0.15, 0.2) is 0 Å². The molecule has 1 saturated heterocycles. The van der Waals surface area contributed by atoms with Crippen molar-refractivity contribution in [2.75, 3.05) is 6.61 Å². The molecule has 3 atom stereocenters. The van der Waals surface area contributed by atoms with Crippen molar-refractivity contribution < 1.29 is 19.0 Å². The van der Waals surface area contributed by atoms with Gasteiger partial charge in [0.05, 0.1) is 18.9 Å². The van der Waals surface area contributed by atoms with Gasteiger partial charge in [-0.05, 0) is 16.7 Å². The van der Waals surface area contributed by atoms with Gasteiger partial charge in [0.1, 0.15) is 17.9 Å². The van der Waals surface area contributed by atoms with Crippen molar-refractivity contribution in [1.29, 1.82) is 0 Å². The van der Waals surface area contributed by atoms with E-state index < -0.39 is 41.1 Å². The molecule has 0 spiro atoms. The van der Waals surface area contributed by atoms with Crippen LogP contribution in [0.3, 0.4) is 0 Å². The number of aliphatic hydroxyl groups excluding tert-OH is 1. The fraction of sp³-hybridized carbons (Fsp3) is 0.214. The number of halogens is 1. The number of benzene rings is 3. The summed E-state index contributed by atoms with van der Waals surface area (Å²) in [5.41, 5.74) is -0.243. The maximum atomic E-state index is 13.8. The van der Waals surface area contributed by atoms with Crippen molar-refractivity contribution in [3.63, 3.8) is 0 Å². The Morgan fingerprint density at radius 1 is 0.917 bits per heavy atom. The molecular weight excluding hydrogens is 463 g/mol. The highest BCUT2D eigenvalue weighted by molar-refractivity contribution is 5.47. The number of aromatic amines is 1. The Morgan fingerprint density at radius 2 is 1.42 bits per heavy atom. The summed E-state index contributed by atoms with van der Waals surface area (Å²) in [4.78, 5) is 25.5. The maximum Gasteiger partial charge on any atom is 0.330 e. The van der Waals surface area contributed by atoms with E-state index in [1.165, 1.54) is 0 Å². The first-order chi connectivity index (χ1) is 17.5. The van der Waals surface area contributed by atoms with Gasteiger partial charge in [0.25, 0.3) is 5.56 Å². The van der Waals surface area contributed by atoms with Gasteiger partial charge in [0, 0.05) is 6.42 Å². The molecule has 184 valence electrons. The van der Waals surface area contributed by atoms with Gasteiger partial charge in [-0.1, -0.05) is 91.0 Å². The van der Waals surface area contributed by atoms with Crippen molar-refractivity contribution in [1.82, 2.24) is 9.55 Å². The third kappa shape index (κ3) is 4.42. The van der Waals surface area contributed by atoms with Crippen LogP contribution in [0.1, 0.15) is 29.3 Å². The SMILES string of the molecule is O=c1[nH]c(=O)n([C@H]2C[C@H](O)[C@@H](COC(c3ccccc3)(c3ccccc3)c3ccccc3)O2)cc1F. The molecule has 0 saturated carbocycles. The minimum absolute atomic E-state index is 0.0169. The number of aliphatic hydroxyl groups is 1. The first-order valence-corrected chi connectivity index (χ1v) is 11.6. The van der Waals surface area contributed by atoms with E-state index in [0.29, 0.717) is 0 Å². The van der Waals surface area contributed by atoms with E-state index in [4.69, 9.17) is 9.47 Å². The molecule has 36 heavy (non-hydrogen) atoms. The second kappa shape index (κ2) is 10.0. The van der Waals surface area contributed by atoms with Gasteiger partial charge in [0.2, 0.25) is 5.82 Å². The molecule has 0 amide bonds. The summed E-state index contributed by atoms with van der Waals surface area (Å²) in [6.07, 6.45) is -1.89. The minimum atomic E-state index is -1.11. The van der Waals surface area contributed by atoms with Crippen molar-refractivity contribution in [2.24, 2.45) is 0 Å². The van der Waals surface area contributed by atoms with Crippen LogP contribution in [-0.2, 0) is 15.1 Å². The fourth-order valence-corrected chi connectivity index (χ4v) is 4.69. The number of nitrogens with one attached hydrogen (secondary N) is 1. The molecule has 3 aromatic carbocycles. The summed E-state index contributed by atoms with van der Waals surface area (Å²) in [7, 11) is 0. The van der Waals surface area contributed by atoms with Crippen molar-refractivity contribution in [3.05, 3.63) is 141 Å². The standard InChI is InChI=1S/C28H25FN2O5/c29-22-17-31(27(34)30-26(22)33)25-16-23(32)24(36-25)18-35-28(19-10-4-1-5-11-19,20-12-6-2-7-13-20)21-14-8-3-9-15-21/h1-15,17,23-25,32H,16,18H2,(H,30,33,34)/t23-,24+,25+/m0/s1. The fourth-order valence-electron chi connectivity index (χ4n) is 4.69. The minimum Gasteiger partial charge on any atom is -0.390 e. The molecule has 1 aromatic heterocycles. The monoisotopic (exact) mass is 488 g/mol. The number of ether oxygens (including phenoxy) is 2. The predicted octanol–water partition coefficient (Wildman–Crippen LogP) is 3.33. The second-order valence-electron chi connectivity index (χ2n) is 8.67. The summed E-state index contributed by atoms with van der Waals surface area (Å²) in [5.74, 6) is -1.11. The highest BCUT2D eigenvalue weighted by Crippen LogP contribution is 2.41. The average Bonchev–Trinajstić information content (AvgIpc) is 3.28. The van der Waals surface area contributed by atoms with E-state index in [9.17, 15) is 19.1 Å². The van der Waals surface area contributed by atoms with Gasteiger partial charge in [-0.15, -0.1) is 0 Å². The van der Waals surface area contributed by atoms with Crippen molar-refractivity contribution in [3.8, 4) is 0 Å². The van der Waals surface area contributed by atoms with Gasteiger partial charge in [-0.2, -0.15) is 4.39 Å². The van der Waals surface area contributed by atoms with Crippen LogP contribution in [0.2, 0.25) is 0 Å². The maximum absolute atomic E-state index is 13.8. The number of hydrogen-bond acceptors (Lipinski definition) is 5. The quantitative estimate of drug-likeness (QED) is 0.389. The largest absolute Gasteiger partial charge is 0.390 e. The van der Waals surface area contributed by atoms with Crippen molar-refractivity contribution >= 4 is 0 Å². The molecule has 7 nitrogen and oxygen atoms in total. The Hall–Kier alpha value is -3.85. The molecule has 2 heterocycles. The zero-order valence-corrected chi connectivity index (χ0v) is 19.3. The lowest BCUT2D eigenvalue weighted by Crippen LogP contribution is -2.38. The van der Waals surface area contributed by atoms with Crippen LogP contribution in [-0.4, -0.2) is 33.5 Å². The summed E-state index contributed by atoms with van der Waals surface area (Å²) in [6, 6.07) is 29.3. The van der Waals surface area contributed by atoms with E-state index in [2.05, 4.69) is 0 Å². The predicted molar refractivity (Wildman–Crippen MR) is 131 cm³/mol. The molecule has 0 bridgehead atoms. The molecule has 0 aliphatic carbocycles. The van der Waals surface area contributed by atoms with Crippen LogP contribution in [0.25, 0.3) is 0 Å². The molecule has 1 fully saturated rings. The molecule has 1 aliphatic rings. The zero-order valence-electron chi connectivity index (χ0n) is 19.3. The number of H-pyrrole nitrogens is 1. The lowest BCUT2D eigenvalue weighted by Gasteiger charge is -2.37. The smallest absolute Gasteiger partial charge is 0.330 e. The van der Waals surface area contributed by atoms with Crippen LogP contribution < -0.4 is 11.2 Å². The lowest BCUT2D eigenvalue weighted by atomic mass is 9.80. The van der Waals surface area contributed by atoms with Crippen LogP contribution in [0.4, 0.5) is 4.39 Å². The molecule has 1 aliphatic heterocycles. The summed E-state index contributed by atoms with van der Waals surface area (Å²) >= 11 is 0. The Bertz CT molecular complexity index is 1330. The van der Waals surface area contributed by atoms with Gasteiger partial charge in [-0.25, -0.2) is 4.79 Å². The Kier molecular flexibility index (Phi) is 6.65. The topological polar surface area (TPSA) is 93.6 Å². The lowest BCUT2D eigenvalue weighted by molar-refractivity contribution is -0.0945. The third-order valence-corrected chi connectivity index (χ3v) is 6.44. The number of aromatic nitrogens is 2.